The van der Waals surface area contributed by atoms with Crippen molar-refractivity contribution in [1.82, 2.24) is 20.2 Å². The summed E-state index contributed by atoms with van der Waals surface area (Å²) in [5.41, 5.74) is 5.42. The van der Waals surface area contributed by atoms with Crippen molar-refractivity contribution >= 4 is 11.8 Å². The van der Waals surface area contributed by atoms with Gasteiger partial charge in [0.2, 0.25) is 5.16 Å². The summed E-state index contributed by atoms with van der Waals surface area (Å²) in [5.74, 6) is 0.752. The van der Waals surface area contributed by atoms with Gasteiger partial charge in [-0.25, -0.2) is 4.68 Å². The largest absolute Gasteiger partial charge is 0.453 e. The first-order chi connectivity index (χ1) is 6.79. The van der Waals surface area contributed by atoms with Gasteiger partial charge in [-0.1, -0.05) is 0 Å². The summed E-state index contributed by atoms with van der Waals surface area (Å²) in [6.45, 7) is 0.400. The number of aryl methyl sites for hydroxylation is 1. The van der Waals surface area contributed by atoms with E-state index in [1.165, 1.54) is 11.8 Å². The predicted molar refractivity (Wildman–Crippen MR) is 49.5 cm³/mol. The zero-order valence-electron chi connectivity index (χ0n) is 7.54. The molecular formula is C7H9N5OS. The van der Waals surface area contributed by atoms with E-state index in [-0.39, 0.29) is 0 Å². The Hall–Kier alpha value is -1.34. The lowest BCUT2D eigenvalue weighted by atomic mass is 10.5. The Morgan fingerprint density at radius 3 is 3.00 bits per heavy atom. The quantitative estimate of drug-likeness (QED) is 0.791. The number of nitrogens with two attached hydrogens (primary N) is 1. The highest BCUT2D eigenvalue weighted by molar-refractivity contribution is 7.99. The van der Waals surface area contributed by atoms with Gasteiger partial charge in [0.1, 0.15) is 5.76 Å². The van der Waals surface area contributed by atoms with Crippen LogP contribution >= 0.6 is 11.8 Å². The molecule has 0 radical (unpaired) electrons. The summed E-state index contributed by atoms with van der Waals surface area (Å²) in [5, 5.41) is 12.5. The van der Waals surface area contributed by atoms with Gasteiger partial charge < -0.3 is 10.2 Å². The summed E-state index contributed by atoms with van der Waals surface area (Å²) in [4.78, 5) is 0. The van der Waals surface area contributed by atoms with Crippen molar-refractivity contribution in [1.29, 1.82) is 0 Å². The van der Waals surface area contributed by atoms with Crippen molar-refractivity contribution in [2.24, 2.45) is 12.8 Å². The summed E-state index contributed by atoms with van der Waals surface area (Å²) >= 11 is 1.36. The summed E-state index contributed by atoms with van der Waals surface area (Å²) in [7, 11) is 1.77. The minimum Gasteiger partial charge on any atom is -0.453 e. The lowest BCUT2D eigenvalue weighted by Crippen LogP contribution is -1.93. The van der Waals surface area contributed by atoms with Crippen LogP contribution in [-0.2, 0) is 13.6 Å². The molecule has 0 amide bonds. The molecule has 0 aliphatic heterocycles. The molecule has 74 valence electrons. The van der Waals surface area contributed by atoms with Crippen LogP contribution in [0.1, 0.15) is 5.76 Å². The van der Waals surface area contributed by atoms with Gasteiger partial charge in [-0.15, -0.1) is 5.10 Å². The van der Waals surface area contributed by atoms with E-state index in [0.29, 0.717) is 11.7 Å². The highest BCUT2D eigenvalue weighted by Gasteiger charge is 2.07. The maximum absolute atomic E-state index is 5.42. The Morgan fingerprint density at radius 1 is 1.57 bits per heavy atom. The fraction of sp³-hybridized carbons (Fsp3) is 0.286. The molecular weight excluding hydrogens is 202 g/mol. The molecule has 0 atom stereocenters. The van der Waals surface area contributed by atoms with Crippen LogP contribution in [0.3, 0.4) is 0 Å². The molecule has 2 N–H and O–H groups in total. The van der Waals surface area contributed by atoms with Gasteiger partial charge in [0.15, 0.2) is 5.09 Å². The molecule has 0 saturated carbocycles. The Bertz CT molecular complexity index is 423. The molecule has 0 unspecified atom stereocenters. The Balaban J connectivity index is 2.15. The SMILES string of the molecule is Cn1nnnc1Sc1ccc(CN)o1. The zero-order valence-corrected chi connectivity index (χ0v) is 8.36. The predicted octanol–water partition coefficient (Wildman–Crippen LogP) is 0.413. The van der Waals surface area contributed by atoms with E-state index in [0.717, 1.165) is 10.9 Å². The van der Waals surface area contributed by atoms with E-state index in [2.05, 4.69) is 15.5 Å². The van der Waals surface area contributed by atoms with Crippen molar-refractivity contribution in [3.63, 3.8) is 0 Å². The van der Waals surface area contributed by atoms with Crippen LogP contribution in [0.5, 0.6) is 0 Å². The van der Waals surface area contributed by atoms with Crippen LogP contribution in [0.15, 0.2) is 26.8 Å². The van der Waals surface area contributed by atoms with Crippen LogP contribution in [0.2, 0.25) is 0 Å². The molecule has 0 aliphatic carbocycles. The highest BCUT2D eigenvalue weighted by Crippen LogP contribution is 2.26. The van der Waals surface area contributed by atoms with Crippen LogP contribution in [0, 0.1) is 0 Å². The van der Waals surface area contributed by atoms with E-state index in [1.54, 1.807) is 11.7 Å². The molecule has 0 saturated heterocycles. The fourth-order valence-corrected chi connectivity index (χ4v) is 1.63. The molecule has 0 fully saturated rings. The Kier molecular flexibility index (Phi) is 2.51. The summed E-state index contributed by atoms with van der Waals surface area (Å²) < 4.78 is 6.97. The molecule has 0 aliphatic rings. The zero-order chi connectivity index (χ0) is 9.97. The smallest absolute Gasteiger partial charge is 0.216 e. The minimum absolute atomic E-state index is 0.400. The molecule has 2 aromatic heterocycles. The van der Waals surface area contributed by atoms with E-state index in [9.17, 15) is 0 Å². The fourth-order valence-electron chi connectivity index (χ4n) is 0.920. The maximum Gasteiger partial charge on any atom is 0.216 e. The van der Waals surface area contributed by atoms with Gasteiger partial charge in [0, 0.05) is 7.05 Å². The van der Waals surface area contributed by atoms with Crippen molar-refractivity contribution in [2.75, 3.05) is 0 Å². The van der Waals surface area contributed by atoms with Gasteiger partial charge in [-0.3, -0.25) is 0 Å². The molecule has 2 aromatic rings. The van der Waals surface area contributed by atoms with Gasteiger partial charge in [0.25, 0.3) is 0 Å². The van der Waals surface area contributed by atoms with Gasteiger partial charge in [-0.2, -0.15) is 0 Å². The second-order valence-electron chi connectivity index (χ2n) is 2.61. The third kappa shape index (κ3) is 1.78. The molecule has 2 rings (SSSR count). The van der Waals surface area contributed by atoms with E-state index in [1.807, 2.05) is 12.1 Å². The molecule has 7 heteroatoms. The number of tetrazole rings is 1. The van der Waals surface area contributed by atoms with Crippen LogP contribution in [0.25, 0.3) is 0 Å². The monoisotopic (exact) mass is 211 g/mol. The Morgan fingerprint density at radius 2 is 2.43 bits per heavy atom. The van der Waals surface area contributed by atoms with Crippen LogP contribution in [0.4, 0.5) is 0 Å². The average Bonchev–Trinajstić information content (AvgIpc) is 2.77. The van der Waals surface area contributed by atoms with Crippen LogP contribution in [-0.4, -0.2) is 20.2 Å². The number of nitrogens with zero attached hydrogens (tertiary/aromatic N) is 4. The summed E-state index contributed by atoms with van der Waals surface area (Å²) in [6, 6.07) is 3.69. The second-order valence-corrected chi connectivity index (χ2v) is 3.58. The van der Waals surface area contributed by atoms with Gasteiger partial charge in [0.05, 0.1) is 6.54 Å². The topological polar surface area (TPSA) is 82.8 Å². The van der Waals surface area contributed by atoms with Crippen molar-refractivity contribution in [2.45, 2.75) is 16.8 Å². The van der Waals surface area contributed by atoms with Gasteiger partial charge in [-0.05, 0) is 34.3 Å². The molecule has 2 heterocycles. The lowest BCUT2D eigenvalue weighted by Gasteiger charge is -1.94. The first-order valence-corrected chi connectivity index (χ1v) is 4.80. The van der Waals surface area contributed by atoms with Crippen molar-refractivity contribution in [3.8, 4) is 0 Å². The molecule has 0 aromatic carbocycles. The normalized spacial score (nSPS) is 10.7. The first kappa shape index (κ1) is 9.22. The van der Waals surface area contributed by atoms with Gasteiger partial charge >= 0.3 is 0 Å². The highest BCUT2D eigenvalue weighted by atomic mass is 32.2. The van der Waals surface area contributed by atoms with Crippen LogP contribution < -0.4 is 5.73 Å². The number of hydrogen-bond donors (Lipinski definition) is 1. The third-order valence-corrected chi connectivity index (χ3v) is 2.56. The van der Waals surface area contributed by atoms with E-state index >= 15 is 0 Å². The van der Waals surface area contributed by atoms with E-state index in [4.69, 9.17) is 10.2 Å². The molecule has 14 heavy (non-hydrogen) atoms. The molecule has 0 bridgehead atoms. The molecule has 6 nitrogen and oxygen atoms in total. The average molecular weight is 211 g/mol. The molecule has 0 spiro atoms. The third-order valence-electron chi connectivity index (χ3n) is 1.61. The number of aromatic nitrogens is 4. The van der Waals surface area contributed by atoms with E-state index < -0.39 is 0 Å². The summed E-state index contributed by atoms with van der Waals surface area (Å²) in [6.07, 6.45) is 0. The van der Waals surface area contributed by atoms with Crippen molar-refractivity contribution in [3.05, 3.63) is 17.9 Å². The van der Waals surface area contributed by atoms with Crippen molar-refractivity contribution < 1.29 is 4.42 Å². The Labute approximate surface area is 84.5 Å². The number of rotatable bonds is 3. The second kappa shape index (κ2) is 3.81. The maximum atomic E-state index is 5.42. The number of hydrogen-bond acceptors (Lipinski definition) is 6. The minimum atomic E-state index is 0.400. The first-order valence-electron chi connectivity index (χ1n) is 3.98. The lowest BCUT2D eigenvalue weighted by molar-refractivity contribution is 0.432. The standard InChI is InChI=1S/C7H9N5OS/c1-12-7(9-10-11-12)14-6-3-2-5(4-8)13-6/h2-3H,4,8H2,1H3. The number of furan rings is 1.